The highest BCUT2D eigenvalue weighted by Crippen LogP contribution is 2.51. The summed E-state index contributed by atoms with van der Waals surface area (Å²) in [6.07, 6.45) is 6.99. The van der Waals surface area contributed by atoms with Gasteiger partial charge in [0.25, 0.3) is 0 Å². The quantitative estimate of drug-likeness (QED) is 0.315. The number of hydrogen-bond acceptors (Lipinski definition) is 5. The molecule has 136 valence electrons. The molecule has 0 fully saturated rings. The van der Waals surface area contributed by atoms with Crippen LogP contribution in [0.15, 0.2) is 17.7 Å². The maximum atomic E-state index is 12.3. The van der Waals surface area contributed by atoms with Crippen LogP contribution in [0.3, 0.4) is 0 Å². The Morgan fingerprint density at radius 3 is 2.40 bits per heavy atom. The van der Waals surface area contributed by atoms with Gasteiger partial charge in [-0.1, -0.05) is 25.5 Å². The number of fused-ring (bicyclic) bond motifs is 1. The molecule has 2 rings (SSSR count). The molecule has 1 aliphatic rings. The first-order chi connectivity index (χ1) is 11.6. The highest BCUT2D eigenvalue weighted by molar-refractivity contribution is 6.05. The van der Waals surface area contributed by atoms with Gasteiger partial charge in [-0.15, -0.1) is 0 Å². The van der Waals surface area contributed by atoms with Gasteiger partial charge in [0.05, 0.1) is 5.56 Å². The van der Waals surface area contributed by atoms with E-state index in [9.17, 15) is 20.1 Å². The molecule has 1 atom stereocenters. The minimum atomic E-state index is -0.682. The SMILES string of the molecule is CC(C)=CCCC1(C)C=Cc2c(O)c(C(=O)C(C)C)c(O)c(O)c2O1. The fourth-order valence-corrected chi connectivity index (χ4v) is 2.80. The zero-order chi connectivity index (χ0) is 18.9. The molecule has 5 heteroatoms. The number of aromatic hydroxyl groups is 3. The Kier molecular flexibility index (Phi) is 5.16. The number of ether oxygens (including phenoxy) is 1. The molecule has 0 saturated carbocycles. The van der Waals surface area contributed by atoms with Crippen molar-refractivity contribution in [1.29, 1.82) is 0 Å². The molecular weight excluding hydrogens is 320 g/mol. The van der Waals surface area contributed by atoms with Crippen LogP contribution < -0.4 is 4.74 Å². The third-order valence-corrected chi connectivity index (χ3v) is 4.31. The predicted octanol–water partition coefficient (Wildman–Crippen LogP) is 4.55. The van der Waals surface area contributed by atoms with E-state index in [-0.39, 0.29) is 22.6 Å². The van der Waals surface area contributed by atoms with Gasteiger partial charge in [-0.2, -0.15) is 0 Å². The van der Waals surface area contributed by atoms with Gasteiger partial charge in [0.2, 0.25) is 5.75 Å². The van der Waals surface area contributed by atoms with Gasteiger partial charge in [0, 0.05) is 5.92 Å². The Morgan fingerprint density at radius 1 is 1.20 bits per heavy atom. The number of rotatable bonds is 5. The van der Waals surface area contributed by atoms with Crippen molar-refractivity contribution in [3.8, 4) is 23.0 Å². The van der Waals surface area contributed by atoms with Crippen molar-refractivity contribution in [2.75, 3.05) is 0 Å². The van der Waals surface area contributed by atoms with Crippen LogP contribution in [0.25, 0.3) is 6.08 Å². The number of carbonyl (C=O) groups excluding carboxylic acids is 1. The second-order valence-electron chi connectivity index (χ2n) is 7.25. The molecule has 1 heterocycles. The molecule has 1 unspecified atom stereocenters. The van der Waals surface area contributed by atoms with Crippen molar-refractivity contribution in [2.24, 2.45) is 5.92 Å². The fourth-order valence-electron chi connectivity index (χ4n) is 2.80. The number of phenols is 3. The molecule has 0 spiro atoms. The maximum absolute atomic E-state index is 12.3. The summed E-state index contributed by atoms with van der Waals surface area (Å²) in [7, 11) is 0. The first-order valence-electron chi connectivity index (χ1n) is 8.44. The monoisotopic (exact) mass is 346 g/mol. The zero-order valence-electron chi connectivity index (χ0n) is 15.4. The third-order valence-electron chi connectivity index (χ3n) is 4.31. The van der Waals surface area contributed by atoms with E-state index in [0.717, 1.165) is 6.42 Å². The molecule has 1 aromatic carbocycles. The molecule has 0 bridgehead atoms. The Balaban J connectivity index is 2.46. The van der Waals surface area contributed by atoms with Crippen molar-refractivity contribution < 1.29 is 24.9 Å². The lowest BCUT2D eigenvalue weighted by atomic mass is 9.91. The van der Waals surface area contributed by atoms with Crippen molar-refractivity contribution in [3.05, 3.63) is 28.9 Å². The molecule has 1 aromatic rings. The molecule has 0 radical (unpaired) electrons. The van der Waals surface area contributed by atoms with Gasteiger partial charge in [-0.3, -0.25) is 4.79 Å². The molecule has 0 amide bonds. The van der Waals surface area contributed by atoms with Crippen molar-refractivity contribution in [2.45, 2.75) is 53.1 Å². The minimum Gasteiger partial charge on any atom is -0.506 e. The lowest BCUT2D eigenvalue weighted by molar-refractivity contribution is 0.0931. The summed E-state index contributed by atoms with van der Waals surface area (Å²) in [5.74, 6) is -2.41. The molecule has 0 saturated heterocycles. The Labute approximate surface area is 148 Å². The lowest BCUT2D eigenvalue weighted by Crippen LogP contribution is -2.32. The normalized spacial score (nSPS) is 18.6. The number of benzene rings is 1. The van der Waals surface area contributed by atoms with E-state index in [1.165, 1.54) is 5.57 Å². The summed E-state index contributed by atoms with van der Waals surface area (Å²) in [6, 6.07) is 0. The summed E-state index contributed by atoms with van der Waals surface area (Å²) in [4.78, 5) is 12.3. The van der Waals surface area contributed by atoms with Gasteiger partial charge in [0.15, 0.2) is 17.3 Å². The fraction of sp³-hybridized carbons (Fsp3) is 0.450. The molecule has 0 aromatic heterocycles. The molecule has 25 heavy (non-hydrogen) atoms. The molecule has 0 aliphatic carbocycles. The van der Waals surface area contributed by atoms with Crippen LogP contribution in [0.5, 0.6) is 23.0 Å². The largest absolute Gasteiger partial charge is 0.506 e. The standard InChI is InChI=1S/C20H26O5/c1-11(2)7-6-9-20(5)10-8-13-16(22)14(15(21)12(3)4)17(23)18(24)19(13)25-20/h7-8,10,12,22-24H,6,9H2,1-5H3. The van der Waals surface area contributed by atoms with Crippen molar-refractivity contribution in [3.63, 3.8) is 0 Å². The highest BCUT2D eigenvalue weighted by atomic mass is 16.5. The third kappa shape index (κ3) is 3.65. The number of ketones is 1. The van der Waals surface area contributed by atoms with Crippen LogP contribution in [0, 0.1) is 5.92 Å². The first-order valence-corrected chi connectivity index (χ1v) is 8.44. The average molecular weight is 346 g/mol. The molecule has 5 nitrogen and oxygen atoms in total. The Morgan fingerprint density at radius 2 is 1.84 bits per heavy atom. The first kappa shape index (κ1) is 18.9. The van der Waals surface area contributed by atoms with Crippen molar-refractivity contribution in [1.82, 2.24) is 0 Å². The van der Waals surface area contributed by atoms with E-state index in [0.29, 0.717) is 6.42 Å². The second kappa shape index (κ2) is 6.82. The lowest BCUT2D eigenvalue weighted by Gasteiger charge is -2.32. The molecular formula is C20H26O5. The summed E-state index contributed by atoms with van der Waals surface area (Å²) >= 11 is 0. The van der Waals surface area contributed by atoms with Crippen LogP contribution in [0.2, 0.25) is 0 Å². The summed E-state index contributed by atoms with van der Waals surface area (Å²) in [5.41, 5.74) is 0.462. The van der Waals surface area contributed by atoms with E-state index < -0.39 is 28.8 Å². The van der Waals surface area contributed by atoms with Gasteiger partial charge >= 0.3 is 0 Å². The van der Waals surface area contributed by atoms with Gasteiger partial charge in [0.1, 0.15) is 16.9 Å². The van der Waals surface area contributed by atoms with Gasteiger partial charge in [-0.05, 0) is 45.8 Å². The number of phenolic OH excluding ortho intramolecular Hbond substituents is 3. The molecule has 1 aliphatic heterocycles. The van der Waals surface area contributed by atoms with E-state index in [2.05, 4.69) is 6.08 Å². The zero-order valence-corrected chi connectivity index (χ0v) is 15.4. The smallest absolute Gasteiger partial charge is 0.202 e. The van der Waals surface area contributed by atoms with E-state index in [1.54, 1.807) is 26.0 Å². The van der Waals surface area contributed by atoms with E-state index in [4.69, 9.17) is 4.74 Å². The topological polar surface area (TPSA) is 87.0 Å². The van der Waals surface area contributed by atoms with Crippen LogP contribution in [0.1, 0.15) is 63.4 Å². The van der Waals surface area contributed by atoms with Crippen LogP contribution in [-0.4, -0.2) is 26.7 Å². The second-order valence-corrected chi connectivity index (χ2v) is 7.25. The van der Waals surface area contributed by atoms with Gasteiger partial charge in [-0.25, -0.2) is 0 Å². The Bertz CT molecular complexity index is 754. The summed E-state index contributed by atoms with van der Waals surface area (Å²) in [6.45, 7) is 9.22. The predicted molar refractivity (Wildman–Crippen MR) is 97.3 cm³/mol. The number of carbonyl (C=O) groups is 1. The van der Waals surface area contributed by atoms with Gasteiger partial charge < -0.3 is 20.1 Å². The molecule has 3 N–H and O–H groups in total. The highest BCUT2D eigenvalue weighted by Gasteiger charge is 2.35. The maximum Gasteiger partial charge on any atom is 0.202 e. The van der Waals surface area contributed by atoms with Crippen LogP contribution >= 0.6 is 0 Å². The summed E-state index contributed by atoms with van der Waals surface area (Å²) in [5, 5.41) is 31.0. The van der Waals surface area contributed by atoms with E-state index >= 15 is 0 Å². The number of allylic oxidation sites excluding steroid dienone is 2. The van der Waals surface area contributed by atoms with E-state index in [1.807, 2.05) is 20.8 Å². The Hall–Kier alpha value is -2.43. The number of Topliss-reactive ketones (excluding diaryl/α,β-unsaturated/α-hetero) is 1. The van der Waals surface area contributed by atoms with Crippen LogP contribution in [-0.2, 0) is 0 Å². The average Bonchev–Trinajstić information content (AvgIpc) is 2.52. The van der Waals surface area contributed by atoms with Crippen LogP contribution in [0.4, 0.5) is 0 Å². The number of hydrogen-bond donors (Lipinski definition) is 3. The minimum absolute atomic E-state index is 0.00231. The summed E-state index contributed by atoms with van der Waals surface area (Å²) < 4.78 is 5.89. The van der Waals surface area contributed by atoms with Crippen molar-refractivity contribution >= 4 is 11.9 Å².